The zero-order chi connectivity index (χ0) is 9.14. The number of carbonyl (C=O) groups is 2. The predicted octanol–water partition coefficient (Wildman–Crippen LogP) is 0.0278. The molecule has 12 heavy (non-hydrogen) atoms. The molecule has 0 bridgehead atoms. The van der Waals surface area contributed by atoms with Crippen molar-refractivity contribution < 1.29 is 14.3 Å². The second-order valence-corrected chi connectivity index (χ2v) is 2.98. The van der Waals surface area contributed by atoms with Crippen LogP contribution in [-0.2, 0) is 14.3 Å². The maximum atomic E-state index is 11.4. The zero-order valence-electron chi connectivity index (χ0n) is 7.37. The molecule has 68 valence electrons. The number of nitrogens with zero attached hydrogens (tertiary/aromatic N) is 1. The molecule has 1 amide bonds. The van der Waals surface area contributed by atoms with Crippen molar-refractivity contribution in [2.75, 3.05) is 20.7 Å². The molecule has 0 spiro atoms. The Morgan fingerprint density at radius 2 is 2.33 bits per heavy atom. The van der Waals surface area contributed by atoms with E-state index in [0.717, 1.165) is 13.0 Å². The second kappa shape index (κ2) is 3.56. The largest absolute Gasteiger partial charge is 0.468 e. The lowest BCUT2D eigenvalue weighted by atomic mass is 9.98. The first-order valence-corrected chi connectivity index (χ1v) is 3.99. The Hall–Kier alpha value is -1.06. The molecule has 0 aromatic heterocycles. The molecule has 1 saturated heterocycles. The monoisotopic (exact) mass is 171 g/mol. The van der Waals surface area contributed by atoms with Crippen LogP contribution in [0.2, 0.25) is 0 Å². The highest BCUT2D eigenvalue weighted by Crippen LogP contribution is 2.17. The maximum absolute atomic E-state index is 11.4. The highest BCUT2D eigenvalue weighted by Gasteiger charge is 2.32. The summed E-state index contributed by atoms with van der Waals surface area (Å²) < 4.78 is 4.52. The van der Waals surface area contributed by atoms with Gasteiger partial charge in [-0.15, -0.1) is 0 Å². The Morgan fingerprint density at radius 3 is 2.92 bits per heavy atom. The van der Waals surface area contributed by atoms with Crippen LogP contribution in [0, 0.1) is 5.92 Å². The fraction of sp³-hybridized carbons (Fsp3) is 0.750. The Bertz CT molecular complexity index is 202. The number of methoxy groups -OCH3 is 1. The SMILES string of the molecule is COC(=O)[C@@H]1CCCN(C)C1=O. The Labute approximate surface area is 71.5 Å². The van der Waals surface area contributed by atoms with Crippen molar-refractivity contribution in [1.29, 1.82) is 0 Å². The average molecular weight is 171 g/mol. The van der Waals surface area contributed by atoms with Crippen LogP contribution in [-0.4, -0.2) is 37.5 Å². The molecule has 0 radical (unpaired) electrons. The van der Waals surface area contributed by atoms with Crippen molar-refractivity contribution in [2.45, 2.75) is 12.8 Å². The van der Waals surface area contributed by atoms with Crippen molar-refractivity contribution in [3.05, 3.63) is 0 Å². The van der Waals surface area contributed by atoms with Crippen molar-refractivity contribution in [3.8, 4) is 0 Å². The van der Waals surface area contributed by atoms with E-state index in [1.807, 2.05) is 0 Å². The number of amides is 1. The first kappa shape index (κ1) is 9.03. The quantitative estimate of drug-likeness (QED) is 0.413. The van der Waals surface area contributed by atoms with Crippen LogP contribution in [0.4, 0.5) is 0 Å². The molecule has 4 nitrogen and oxygen atoms in total. The number of hydrogen-bond donors (Lipinski definition) is 0. The third-order valence-corrected chi connectivity index (χ3v) is 2.15. The number of rotatable bonds is 1. The van der Waals surface area contributed by atoms with Gasteiger partial charge in [0.15, 0.2) is 0 Å². The lowest BCUT2D eigenvalue weighted by Gasteiger charge is -2.27. The summed E-state index contributed by atoms with van der Waals surface area (Å²) in [5.41, 5.74) is 0. The molecule has 1 aliphatic rings. The molecule has 1 fully saturated rings. The number of esters is 1. The van der Waals surface area contributed by atoms with E-state index in [2.05, 4.69) is 4.74 Å². The molecule has 1 atom stereocenters. The first-order chi connectivity index (χ1) is 5.66. The number of piperidine rings is 1. The van der Waals surface area contributed by atoms with Crippen molar-refractivity contribution in [3.63, 3.8) is 0 Å². The van der Waals surface area contributed by atoms with Gasteiger partial charge < -0.3 is 9.64 Å². The van der Waals surface area contributed by atoms with Crippen molar-refractivity contribution in [1.82, 2.24) is 4.90 Å². The number of likely N-dealkylation sites (tertiary alicyclic amines) is 1. The van der Waals surface area contributed by atoms with Gasteiger partial charge in [0.05, 0.1) is 7.11 Å². The molecule has 1 heterocycles. The van der Waals surface area contributed by atoms with Gasteiger partial charge in [-0.3, -0.25) is 9.59 Å². The normalized spacial score (nSPS) is 24.0. The van der Waals surface area contributed by atoms with E-state index in [1.54, 1.807) is 11.9 Å². The molecular formula is C8H13NO3. The summed E-state index contributed by atoms with van der Waals surface area (Å²) >= 11 is 0. The standard InChI is InChI=1S/C8H13NO3/c1-9-5-3-4-6(7(9)10)8(11)12-2/h6H,3-5H2,1-2H3/t6-/m1/s1. The topological polar surface area (TPSA) is 46.6 Å². The third-order valence-electron chi connectivity index (χ3n) is 2.15. The van der Waals surface area contributed by atoms with Gasteiger partial charge in [0.25, 0.3) is 0 Å². The first-order valence-electron chi connectivity index (χ1n) is 3.99. The van der Waals surface area contributed by atoms with Crippen LogP contribution >= 0.6 is 0 Å². The predicted molar refractivity (Wildman–Crippen MR) is 42.4 cm³/mol. The highest BCUT2D eigenvalue weighted by atomic mass is 16.5. The van der Waals surface area contributed by atoms with E-state index in [1.165, 1.54) is 7.11 Å². The molecular weight excluding hydrogens is 158 g/mol. The molecule has 0 saturated carbocycles. The van der Waals surface area contributed by atoms with Gasteiger partial charge in [-0.2, -0.15) is 0 Å². The van der Waals surface area contributed by atoms with Crippen molar-refractivity contribution in [2.24, 2.45) is 5.92 Å². The van der Waals surface area contributed by atoms with Crippen LogP contribution < -0.4 is 0 Å². The van der Waals surface area contributed by atoms with Gasteiger partial charge in [0.1, 0.15) is 5.92 Å². The minimum Gasteiger partial charge on any atom is -0.468 e. The van der Waals surface area contributed by atoms with Gasteiger partial charge in [0, 0.05) is 13.6 Å². The van der Waals surface area contributed by atoms with Crippen LogP contribution in [0.1, 0.15) is 12.8 Å². The lowest BCUT2D eigenvalue weighted by molar-refractivity contribution is -0.155. The second-order valence-electron chi connectivity index (χ2n) is 2.98. The molecule has 0 N–H and O–H groups in total. The van der Waals surface area contributed by atoms with Gasteiger partial charge in [0.2, 0.25) is 5.91 Å². The summed E-state index contributed by atoms with van der Waals surface area (Å²) in [6, 6.07) is 0. The van der Waals surface area contributed by atoms with Gasteiger partial charge in [-0.25, -0.2) is 0 Å². The van der Waals surface area contributed by atoms with Crippen LogP contribution in [0.5, 0.6) is 0 Å². The van der Waals surface area contributed by atoms with E-state index in [9.17, 15) is 9.59 Å². The smallest absolute Gasteiger partial charge is 0.318 e. The van der Waals surface area contributed by atoms with Gasteiger partial charge in [-0.05, 0) is 12.8 Å². The van der Waals surface area contributed by atoms with Crippen molar-refractivity contribution >= 4 is 11.9 Å². The lowest BCUT2D eigenvalue weighted by Crippen LogP contribution is -2.42. The summed E-state index contributed by atoms with van der Waals surface area (Å²) in [5, 5.41) is 0. The number of hydrogen-bond acceptors (Lipinski definition) is 3. The minimum absolute atomic E-state index is 0.117. The van der Waals surface area contributed by atoms with E-state index < -0.39 is 11.9 Å². The summed E-state index contributed by atoms with van der Waals surface area (Å²) in [7, 11) is 3.02. The van der Waals surface area contributed by atoms with E-state index in [4.69, 9.17) is 0 Å². The molecule has 0 aliphatic carbocycles. The van der Waals surface area contributed by atoms with Crippen LogP contribution in [0.15, 0.2) is 0 Å². The van der Waals surface area contributed by atoms with E-state index in [0.29, 0.717) is 6.42 Å². The third kappa shape index (κ3) is 1.57. The van der Waals surface area contributed by atoms with Gasteiger partial charge >= 0.3 is 5.97 Å². The Balaban J connectivity index is 2.64. The fourth-order valence-electron chi connectivity index (χ4n) is 1.39. The van der Waals surface area contributed by atoms with Gasteiger partial charge in [-0.1, -0.05) is 0 Å². The van der Waals surface area contributed by atoms with Crippen LogP contribution in [0.3, 0.4) is 0 Å². The summed E-state index contributed by atoms with van der Waals surface area (Å²) in [6.07, 6.45) is 1.50. The minimum atomic E-state index is -0.561. The maximum Gasteiger partial charge on any atom is 0.318 e. The summed E-state index contributed by atoms with van der Waals surface area (Å²) in [5.74, 6) is -1.09. The molecule has 0 unspecified atom stereocenters. The highest BCUT2D eigenvalue weighted by molar-refractivity contribution is 5.98. The fourth-order valence-corrected chi connectivity index (χ4v) is 1.39. The Kier molecular flexibility index (Phi) is 2.68. The molecule has 0 aromatic carbocycles. The average Bonchev–Trinajstić information content (AvgIpc) is 2.08. The molecule has 0 aromatic rings. The van der Waals surface area contributed by atoms with Crippen LogP contribution in [0.25, 0.3) is 0 Å². The zero-order valence-corrected chi connectivity index (χ0v) is 7.37. The summed E-state index contributed by atoms with van der Waals surface area (Å²) in [6.45, 7) is 0.742. The van der Waals surface area contributed by atoms with E-state index >= 15 is 0 Å². The number of ether oxygens (including phenoxy) is 1. The summed E-state index contributed by atoms with van der Waals surface area (Å²) in [4.78, 5) is 24.0. The molecule has 1 rings (SSSR count). The molecule has 4 heteroatoms. The Morgan fingerprint density at radius 1 is 1.67 bits per heavy atom. The molecule has 1 aliphatic heterocycles. The van der Waals surface area contributed by atoms with E-state index in [-0.39, 0.29) is 5.91 Å². The number of carbonyl (C=O) groups excluding carboxylic acids is 2.